The lowest BCUT2D eigenvalue weighted by Crippen LogP contribution is -2.52. The summed E-state index contributed by atoms with van der Waals surface area (Å²) >= 11 is 0. The maximum Gasteiger partial charge on any atom is 0.317 e. The molecule has 0 bridgehead atoms. The number of rotatable bonds is 6. The van der Waals surface area contributed by atoms with Gasteiger partial charge in [-0.25, -0.2) is 4.79 Å². The predicted molar refractivity (Wildman–Crippen MR) is 77.7 cm³/mol. The van der Waals surface area contributed by atoms with Crippen LogP contribution in [0.1, 0.15) is 25.5 Å². The standard InChI is InChI=1S/C14H24N4O3/c1-12(3-2-9-19)15-14(20)18-7-5-17(6-8-18)11-13-4-10-21-16-13/h4,10,12,19H,2-3,5-9,11H2,1H3,(H,15,20). The molecule has 7 nitrogen and oxygen atoms in total. The molecular formula is C14H24N4O3. The normalized spacial score (nSPS) is 17.7. The van der Waals surface area contributed by atoms with E-state index in [-0.39, 0.29) is 18.7 Å². The number of carbonyl (C=O) groups is 1. The summed E-state index contributed by atoms with van der Waals surface area (Å²) in [6.45, 7) is 6.01. The third-order valence-electron chi connectivity index (χ3n) is 3.70. The van der Waals surface area contributed by atoms with E-state index in [0.717, 1.165) is 44.8 Å². The van der Waals surface area contributed by atoms with E-state index < -0.39 is 0 Å². The van der Waals surface area contributed by atoms with Crippen LogP contribution in [0.2, 0.25) is 0 Å². The molecule has 2 N–H and O–H groups in total. The second-order valence-electron chi connectivity index (χ2n) is 5.47. The number of nitrogens with one attached hydrogen (secondary N) is 1. The third kappa shape index (κ3) is 5.02. The monoisotopic (exact) mass is 296 g/mol. The molecule has 1 aromatic heterocycles. The Balaban J connectivity index is 1.69. The van der Waals surface area contributed by atoms with Crippen molar-refractivity contribution in [2.45, 2.75) is 32.4 Å². The number of hydrogen-bond donors (Lipinski definition) is 2. The van der Waals surface area contributed by atoms with Crippen molar-refractivity contribution in [3.8, 4) is 0 Å². The molecule has 1 atom stereocenters. The fraction of sp³-hybridized carbons (Fsp3) is 0.714. The van der Waals surface area contributed by atoms with E-state index in [9.17, 15) is 4.79 Å². The van der Waals surface area contributed by atoms with E-state index in [1.165, 1.54) is 0 Å². The molecule has 0 saturated carbocycles. The molecule has 1 fully saturated rings. The molecule has 0 aliphatic carbocycles. The number of aromatic nitrogens is 1. The average molecular weight is 296 g/mol. The van der Waals surface area contributed by atoms with Crippen molar-refractivity contribution in [1.82, 2.24) is 20.3 Å². The predicted octanol–water partition coefficient (Wildman–Crippen LogP) is 0.663. The van der Waals surface area contributed by atoms with Gasteiger partial charge in [-0.2, -0.15) is 0 Å². The van der Waals surface area contributed by atoms with Crippen LogP contribution in [0.4, 0.5) is 4.79 Å². The lowest BCUT2D eigenvalue weighted by molar-refractivity contribution is 0.131. The minimum atomic E-state index is -0.0125. The third-order valence-corrected chi connectivity index (χ3v) is 3.70. The van der Waals surface area contributed by atoms with Gasteiger partial charge in [-0.05, 0) is 19.8 Å². The Hall–Kier alpha value is -1.60. The summed E-state index contributed by atoms with van der Waals surface area (Å²) in [5.74, 6) is 0. The number of carbonyl (C=O) groups excluding carboxylic acids is 1. The number of amides is 2. The zero-order valence-corrected chi connectivity index (χ0v) is 12.5. The Morgan fingerprint density at radius 2 is 2.24 bits per heavy atom. The molecule has 2 rings (SSSR count). The van der Waals surface area contributed by atoms with Crippen LogP contribution in [0.25, 0.3) is 0 Å². The van der Waals surface area contributed by atoms with Gasteiger partial charge in [0.2, 0.25) is 0 Å². The van der Waals surface area contributed by atoms with Crippen molar-refractivity contribution in [3.05, 3.63) is 18.0 Å². The lowest BCUT2D eigenvalue weighted by Gasteiger charge is -2.34. The van der Waals surface area contributed by atoms with Gasteiger partial charge in [-0.1, -0.05) is 5.16 Å². The zero-order valence-electron chi connectivity index (χ0n) is 12.5. The minimum Gasteiger partial charge on any atom is -0.396 e. The summed E-state index contributed by atoms with van der Waals surface area (Å²) in [4.78, 5) is 16.2. The van der Waals surface area contributed by atoms with E-state index in [1.807, 2.05) is 17.9 Å². The highest BCUT2D eigenvalue weighted by atomic mass is 16.5. The molecular weight excluding hydrogens is 272 g/mol. The molecule has 2 amide bonds. The Morgan fingerprint density at radius 1 is 1.48 bits per heavy atom. The van der Waals surface area contributed by atoms with E-state index in [0.29, 0.717) is 6.42 Å². The highest BCUT2D eigenvalue weighted by molar-refractivity contribution is 5.74. The Labute approximate surface area is 124 Å². The maximum absolute atomic E-state index is 12.1. The maximum atomic E-state index is 12.1. The second-order valence-corrected chi connectivity index (χ2v) is 5.47. The summed E-state index contributed by atoms with van der Waals surface area (Å²) < 4.78 is 4.82. The van der Waals surface area contributed by atoms with Crippen molar-refractivity contribution in [3.63, 3.8) is 0 Å². The summed E-state index contributed by atoms with van der Waals surface area (Å²) in [6, 6.07) is 1.95. The van der Waals surface area contributed by atoms with Gasteiger partial charge in [0.25, 0.3) is 0 Å². The first-order chi connectivity index (χ1) is 10.2. The van der Waals surface area contributed by atoms with E-state index in [1.54, 1.807) is 6.26 Å². The molecule has 1 aromatic rings. The highest BCUT2D eigenvalue weighted by Crippen LogP contribution is 2.07. The van der Waals surface area contributed by atoms with Crippen molar-refractivity contribution < 1.29 is 14.4 Å². The van der Waals surface area contributed by atoms with Crippen LogP contribution in [-0.2, 0) is 6.54 Å². The molecule has 1 aliphatic rings. The summed E-state index contributed by atoms with van der Waals surface area (Å²) in [5, 5.41) is 15.7. The van der Waals surface area contributed by atoms with Gasteiger partial charge in [0.1, 0.15) is 6.26 Å². The van der Waals surface area contributed by atoms with Gasteiger partial charge in [0, 0.05) is 51.4 Å². The van der Waals surface area contributed by atoms with Crippen molar-refractivity contribution >= 4 is 6.03 Å². The summed E-state index contributed by atoms with van der Waals surface area (Å²) in [6.07, 6.45) is 3.09. The molecule has 0 radical (unpaired) electrons. The molecule has 21 heavy (non-hydrogen) atoms. The molecule has 1 unspecified atom stereocenters. The Kier molecular flexibility index (Phi) is 6.01. The average Bonchev–Trinajstić information content (AvgIpc) is 2.98. The largest absolute Gasteiger partial charge is 0.396 e. The van der Waals surface area contributed by atoms with Crippen molar-refractivity contribution in [2.24, 2.45) is 0 Å². The van der Waals surface area contributed by atoms with Crippen LogP contribution in [0, 0.1) is 0 Å². The van der Waals surface area contributed by atoms with Crippen LogP contribution < -0.4 is 5.32 Å². The van der Waals surface area contributed by atoms with Crippen LogP contribution in [0.5, 0.6) is 0 Å². The van der Waals surface area contributed by atoms with Crippen LogP contribution >= 0.6 is 0 Å². The van der Waals surface area contributed by atoms with Gasteiger partial charge in [0.05, 0.1) is 5.69 Å². The number of aliphatic hydroxyl groups excluding tert-OH is 1. The van der Waals surface area contributed by atoms with E-state index in [2.05, 4.69) is 15.4 Å². The van der Waals surface area contributed by atoms with Crippen LogP contribution in [-0.4, -0.2) is 64.9 Å². The highest BCUT2D eigenvalue weighted by Gasteiger charge is 2.22. The number of piperazine rings is 1. The first kappa shape index (κ1) is 15.8. The minimum absolute atomic E-state index is 0.0125. The first-order valence-electron chi connectivity index (χ1n) is 7.47. The van der Waals surface area contributed by atoms with E-state index in [4.69, 9.17) is 9.63 Å². The topological polar surface area (TPSA) is 81.8 Å². The van der Waals surface area contributed by atoms with Gasteiger partial charge < -0.3 is 19.8 Å². The Bertz CT molecular complexity index is 416. The van der Waals surface area contributed by atoms with Crippen molar-refractivity contribution in [2.75, 3.05) is 32.8 Å². The summed E-state index contributed by atoms with van der Waals surface area (Å²) in [7, 11) is 0. The molecule has 118 valence electrons. The number of aliphatic hydroxyl groups is 1. The van der Waals surface area contributed by atoms with Gasteiger partial charge in [-0.15, -0.1) is 0 Å². The van der Waals surface area contributed by atoms with Gasteiger partial charge >= 0.3 is 6.03 Å². The number of nitrogens with zero attached hydrogens (tertiary/aromatic N) is 3. The SMILES string of the molecule is CC(CCCO)NC(=O)N1CCN(Cc2ccon2)CC1. The van der Waals surface area contributed by atoms with Crippen LogP contribution in [0.3, 0.4) is 0 Å². The van der Waals surface area contributed by atoms with Crippen LogP contribution in [0.15, 0.2) is 16.9 Å². The molecule has 0 aromatic carbocycles. The zero-order chi connectivity index (χ0) is 15.1. The van der Waals surface area contributed by atoms with Gasteiger partial charge in [-0.3, -0.25) is 4.90 Å². The van der Waals surface area contributed by atoms with Crippen molar-refractivity contribution in [1.29, 1.82) is 0 Å². The molecule has 0 spiro atoms. The van der Waals surface area contributed by atoms with Gasteiger partial charge in [0.15, 0.2) is 0 Å². The molecule has 1 saturated heterocycles. The fourth-order valence-electron chi connectivity index (χ4n) is 2.43. The first-order valence-corrected chi connectivity index (χ1v) is 7.47. The fourth-order valence-corrected chi connectivity index (χ4v) is 2.43. The number of hydrogen-bond acceptors (Lipinski definition) is 5. The molecule has 1 aliphatic heterocycles. The quantitative estimate of drug-likeness (QED) is 0.806. The molecule has 7 heteroatoms. The smallest absolute Gasteiger partial charge is 0.317 e. The lowest BCUT2D eigenvalue weighted by atomic mass is 10.2. The molecule has 2 heterocycles. The summed E-state index contributed by atoms with van der Waals surface area (Å²) in [5.41, 5.74) is 0.922. The Morgan fingerprint density at radius 3 is 2.86 bits per heavy atom. The second kappa shape index (κ2) is 7.99. The van der Waals surface area contributed by atoms with E-state index >= 15 is 0 Å². The number of urea groups is 1.